The molecule has 0 aromatic carbocycles. The summed E-state index contributed by atoms with van der Waals surface area (Å²) in [4.78, 5) is 27.5. The van der Waals surface area contributed by atoms with Crippen molar-refractivity contribution in [3.8, 4) is 0 Å². The standard InChI is InChI=1S/C26H41NO4/c1-16-9-8-11-19(27(16)25(29)31-26(3,4)5)13-14-21-20-12-7-6-10-18(20)15-22-23(21)17(2)30-24(22)28/h13-14,16-23H,6-12,15H2,1-5H3/b14-13+/t16-,17-,18+,19+,20-,21+,22-,23+/m1/s1. The Kier molecular flexibility index (Phi) is 6.42. The zero-order valence-corrected chi connectivity index (χ0v) is 20.0. The van der Waals surface area contributed by atoms with Crippen molar-refractivity contribution in [2.24, 2.45) is 29.6 Å². The lowest BCUT2D eigenvalue weighted by molar-refractivity contribution is -0.144. The first-order valence-corrected chi connectivity index (χ1v) is 12.6. The Hall–Kier alpha value is -1.52. The third kappa shape index (κ3) is 4.66. The normalized spacial score (nSPS) is 40.9. The fraction of sp³-hybridized carbons (Fsp3) is 0.846. The molecule has 0 aromatic rings. The van der Waals surface area contributed by atoms with Gasteiger partial charge in [-0.05, 0) is 84.5 Å². The number of esters is 1. The van der Waals surface area contributed by atoms with Crippen molar-refractivity contribution in [1.82, 2.24) is 4.90 Å². The van der Waals surface area contributed by atoms with E-state index in [1.807, 2.05) is 25.7 Å². The largest absolute Gasteiger partial charge is 0.462 e. The first kappa shape index (κ1) is 22.7. The van der Waals surface area contributed by atoms with Gasteiger partial charge in [-0.2, -0.15) is 0 Å². The third-order valence-corrected chi connectivity index (χ3v) is 8.19. The summed E-state index contributed by atoms with van der Waals surface area (Å²) in [6.45, 7) is 9.97. The molecule has 2 saturated carbocycles. The molecule has 1 amide bonds. The van der Waals surface area contributed by atoms with E-state index >= 15 is 0 Å². The summed E-state index contributed by atoms with van der Waals surface area (Å²) < 4.78 is 11.5. The fourth-order valence-electron chi connectivity index (χ4n) is 6.89. The third-order valence-electron chi connectivity index (χ3n) is 8.19. The number of cyclic esters (lactones) is 1. The summed E-state index contributed by atoms with van der Waals surface area (Å²) in [5.74, 6) is 1.98. The molecule has 0 unspecified atom stereocenters. The topological polar surface area (TPSA) is 55.8 Å². The minimum atomic E-state index is -0.495. The zero-order chi connectivity index (χ0) is 22.3. The number of piperidine rings is 1. The van der Waals surface area contributed by atoms with E-state index in [1.54, 1.807) is 0 Å². The Bertz CT molecular complexity index is 711. The van der Waals surface area contributed by atoms with E-state index in [0.717, 1.165) is 25.7 Å². The van der Waals surface area contributed by atoms with Crippen molar-refractivity contribution < 1.29 is 19.1 Å². The summed E-state index contributed by atoms with van der Waals surface area (Å²) in [5, 5.41) is 0. The van der Waals surface area contributed by atoms with E-state index in [2.05, 4.69) is 26.0 Å². The molecule has 4 aliphatic rings. The molecular formula is C26H41NO4. The number of hydrogen-bond donors (Lipinski definition) is 0. The number of carbonyl (C=O) groups is 2. The average molecular weight is 432 g/mol. The fourth-order valence-corrected chi connectivity index (χ4v) is 6.89. The van der Waals surface area contributed by atoms with Crippen LogP contribution in [-0.2, 0) is 14.3 Å². The number of rotatable bonds is 2. The van der Waals surface area contributed by atoms with Crippen LogP contribution in [0.3, 0.4) is 0 Å². The predicted molar refractivity (Wildman–Crippen MR) is 120 cm³/mol. The Labute approximate surface area is 187 Å². The number of fused-ring (bicyclic) bond motifs is 2. The molecule has 31 heavy (non-hydrogen) atoms. The van der Waals surface area contributed by atoms with Crippen LogP contribution in [0.2, 0.25) is 0 Å². The Morgan fingerprint density at radius 2 is 1.81 bits per heavy atom. The number of ether oxygens (including phenoxy) is 2. The van der Waals surface area contributed by atoms with Crippen molar-refractivity contribution in [2.45, 2.75) is 110 Å². The maximum Gasteiger partial charge on any atom is 0.411 e. The van der Waals surface area contributed by atoms with Gasteiger partial charge in [0.1, 0.15) is 11.7 Å². The second-order valence-corrected chi connectivity index (χ2v) is 11.5. The molecule has 2 heterocycles. The van der Waals surface area contributed by atoms with Crippen molar-refractivity contribution >= 4 is 12.1 Å². The molecule has 0 aromatic heterocycles. The maximum absolute atomic E-state index is 13.0. The summed E-state index contributed by atoms with van der Waals surface area (Å²) in [6.07, 6.45) is 13.6. The van der Waals surface area contributed by atoms with E-state index in [4.69, 9.17) is 9.47 Å². The quantitative estimate of drug-likeness (QED) is 0.414. The van der Waals surface area contributed by atoms with E-state index in [-0.39, 0.29) is 42.1 Å². The Balaban J connectivity index is 1.57. The number of hydrogen-bond acceptors (Lipinski definition) is 4. The van der Waals surface area contributed by atoms with E-state index in [0.29, 0.717) is 17.8 Å². The highest BCUT2D eigenvalue weighted by Gasteiger charge is 2.53. The van der Waals surface area contributed by atoms with Crippen LogP contribution in [0.15, 0.2) is 12.2 Å². The summed E-state index contributed by atoms with van der Waals surface area (Å²) in [5.41, 5.74) is -0.495. The van der Waals surface area contributed by atoms with Crippen molar-refractivity contribution in [3.05, 3.63) is 12.2 Å². The van der Waals surface area contributed by atoms with Crippen molar-refractivity contribution in [2.75, 3.05) is 0 Å². The lowest BCUT2D eigenvalue weighted by atomic mass is 9.57. The van der Waals surface area contributed by atoms with E-state index < -0.39 is 5.60 Å². The first-order chi connectivity index (χ1) is 14.7. The number of amides is 1. The van der Waals surface area contributed by atoms with Gasteiger partial charge in [0.25, 0.3) is 0 Å². The van der Waals surface area contributed by atoms with Crippen LogP contribution in [0, 0.1) is 29.6 Å². The van der Waals surface area contributed by atoms with Crippen LogP contribution in [-0.4, -0.2) is 40.8 Å². The highest BCUT2D eigenvalue weighted by atomic mass is 16.6. The highest BCUT2D eigenvalue weighted by Crippen LogP contribution is 2.53. The van der Waals surface area contributed by atoms with Gasteiger partial charge in [0.2, 0.25) is 0 Å². The molecule has 0 radical (unpaired) electrons. The van der Waals surface area contributed by atoms with Gasteiger partial charge in [-0.15, -0.1) is 0 Å². The SMILES string of the molecule is C[C@@H]1CCC[C@@H](/C=C/[C@H]2[C@@H]3CCCC[C@H]3C[C@H]3C(=O)O[C@H](C)[C@@H]23)N1C(=O)OC(C)(C)C. The van der Waals surface area contributed by atoms with Gasteiger partial charge in [-0.3, -0.25) is 9.69 Å². The molecule has 0 spiro atoms. The number of nitrogens with zero attached hydrogens (tertiary/aromatic N) is 1. The lowest BCUT2D eigenvalue weighted by Crippen LogP contribution is -2.50. The average Bonchev–Trinajstić information content (AvgIpc) is 2.97. The van der Waals surface area contributed by atoms with Crippen LogP contribution in [0.1, 0.15) is 86.0 Å². The molecule has 4 fully saturated rings. The molecule has 2 aliphatic heterocycles. The molecule has 2 aliphatic carbocycles. The molecule has 5 heteroatoms. The summed E-state index contributed by atoms with van der Waals surface area (Å²) in [7, 11) is 0. The van der Waals surface area contributed by atoms with Crippen LogP contribution in [0.25, 0.3) is 0 Å². The van der Waals surface area contributed by atoms with E-state index in [1.165, 1.54) is 25.7 Å². The van der Waals surface area contributed by atoms with Crippen molar-refractivity contribution in [1.29, 1.82) is 0 Å². The molecular weight excluding hydrogens is 390 g/mol. The van der Waals surface area contributed by atoms with Gasteiger partial charge in [-0.1, -0.05) is 31.4 Å². The summed E-state index contributed by atoms with van der Waals surface area (Å²) in [6, 6.07) is 0.240. The number of likely N-dealkylation sites (tertiary alicyclic amines) is 1. The molecule has 0 bridgehead atoms. The smallest absolute Gasteiger partial charge is 0.411 e. The Morgan fingerprint density at radius 3 is 2.55 bits per heavy atom. The van der Waals surface area contributed by atoms with Crippen LogP contribution < -0.4 is 0 Å². The van der Waals surface area contributed by atoms with Gasteiger partial charge < -0.3 is 9.47 Å². The minimum Gasteiger partial charge on any atom is -0.462 e. The van der Waals surface area contributed by atoms with Gasteiger partial charge in [0.15, 0.2) is 0 Å². The predicted octanol–water partition coefficient (Wildman–Crippen LogP) is 5.72. The van der Waals surface area contributed by atoms with Crippen LogP contribution in [0.4, 0.5) is 4.79 Å². The first-order valence-electron chi connectivity index (χ1n) is 12.6. The lowest BCUT2D eigenvalue weighted by Gasteiger charge is -2.46. The second-order valence-electron chi connectivity index (χ2n) is 11.5. The second kappa shape index (κ2) is 8.78. The van der Waals surface area contributed by atoms with Gasteiger partial charge in [0, 0.05) is 12.0 Å². The minimum absolute atomic E-state index is 0.0118. The molecule has 174 valence electrons. The highest BCUT2D eigenvalue weighted by molar-refractivity contribution is 5.75. The number of carbonyl (C=O) groups excluding carboxylic acids is 2. The van der Waals surface area contributed by atoms with Crippen LogP contribution >= 0.6 is 0 Å². The molecule has 8 atom stereocenters. The maximum atomic E-state index is 13.0. The molecule has 0 N–H and O–H groups in total. The molecule has 5 nitrogen and oxygen atoms in total. The monoisotopic (exact) mass is 431 g/mol. The van der Waals surface area contributed by atoms with Gasteiger partial charge in [-0.25, -0.2) is 4.79 Å². The zero-order valence-electron chi connectivity index (χ0n) is 20.0. The van der Waals surface area contributed by atoms with Gasteiger partial charge >= 0.3 is 12.1 Å². The summed E-state index contributed by atoms with van der Waals surface area (Å²) >= 11 is 0. The molecule has 4 rings (SSSR count). The molecule has 2 saturated heterocycles. The number of allylic oxidation sites excluding steroid dienone is 1. The van der Waals surface area contributed by atoms with Crippen LogP contribution in [0.5, 0.6) is 0 Å². The Morgan fingerprint density at radius 1 is 1.06 bits per heavy atom. The van der Waals surface area contributed by atoms with Gasteiger partial charge in [0.05, 0.1) is 12.0 Å². The van der Waals surface area contributed by atoms with Crippen molar-refractivity contribution in [3.63, 3.8) is 0 Å². The van der Waals surface area contributed by atoms with E-state index in [9.17, 15) is 9.59 Å².